The highest BCUT2D eigenvalue weighted by molar-refractivity contribution is 5.86. The van der Waals surface area contributed by atoms with Crippen LogP contribution in [0.5, 0.6) is 5.88 Å². The van der Waals surface area contributed by atoms with Gasteiger partial charge in [0, 0.05) is 30.5 Å². The molecule has 1 amide bonds. The Morgan fingerprint density at radius 3 is 2.59 bits per heavy atom. The number of aromatic nitrogens is 3. The quantitative estimate of drug-likeness (QED) is 0.549. The molecule has 1 aliphatic rings. The lowest BCUT2D eigenvalue weighted by Gasteiger charge is -2.21. The Bertz CT molecular complexity index is 1120. The van der Waals surface area contributed by atoms with E-state index in [-0.39, 0.29) is 11.7 Å². The van der Waals surface area contributed by atoms with Crippen molar-refractivity contribution in [3.05, 3.63) is 46.9 Å². The molecule has 0 radical (unpaired) electrons. The predicted molar refractivity (Wildman–Crippen MR) is 123 cm³/mol. The number of fused-ring (bicyclic) bond motifs is 1. The first-order chi connectivity index (χ1) is 15.5. The minimum atomic E-state index is -0.325. The van der Waals surface area contributed by atoms with Crippen LogP contribution < -0.4 is 4.74 Å². The molecule has 2 aromatic heterocycles. The lowest BCUT2D eigenvalue weighted by atomic mass is 10.0. The number of rotatable bonds is 6. The Morgan fingerprint density at radius 2 is 1.91 bits per heavy atom. The highest BCUT2D eigenvalue weighted by Gasteiger charge is 2.22. The predicted octanol–water partition coefficient (Wildman–Crippen LogP) is 4.91. The van der Waals surface area contributed by atoms with E-state index in [0.717, 1.165) is 48.1 Å². The van der Waals surface area contributed by atoms with E-state index in [4.69, 9.17) is 9.72 Å². The molecule has 0 aliphatic carbocycles. The van der Waals surface area contributed by atoms with Gasteiger partial charge < -0.3 is 9.64 Å². The third-order valence-corrected chi connectivity index (χ3v) is 6.21. The third kappa shape index (κ3) is 4.47. The van der Waals surface area contributed by atoms with Crippen molar-refractivity contribution < 1.29 is 13.9 Å². The van der Waals surface area contributed by atoms with Gasteiger partial charge in [0.25, 0.3) is 0 Å². The summed E-state index contributed by atoms with van der Waals surface area (Å²) < 4.78 is 21.4. The number of benzene rings is 1. The van der Waals surface area contributed by atoms with Crippen molar-refractivity contribution in [3.8, 4) is 11.6 Å². The molecule has 0 N–H and O–H groups in total. The number of nitrogens with zero attached hydrogens (tertiary/aromatic N) is 4. The molecule has 3 heterocycles. The summed E-state index contributed by atoms with van der Waals surface area (Å²) in [7, 11) is 0. The minimum absolute atomic E-state index is 0.195. The summed E-state index contributed by atoms with van der Waals surface area (Å²) in [6.45, 7) is 8.06. The number of carbonyl (C=O) groups is 1. The van der Waals surface area contributed by atoms with Crippen LogP contribution in [0.15, 0.2) is 24.3 Å². The molecule has 1 fully saturated rings. The van der Waals surface area contributed by atoms with E-state index in [0.29, 0.717) is 36.7 Å². The highest BCUT2D eigenvalue weighted by Crippen LogP contribution is 2.32. The molecule has 4 rings (SSSR count). The van der Waals surface area contributed by atoms with E-state index >= 15 is 0 Å². The maximum atomic E-state index is 13.8. The van der Waals surface area contributed by atoms with Crippen LogP contribution in [0.4, 0.5) is 4.39 Å². The van der Waals surface area contributed by atoms with Gasteiger partial charge in [-0.15, -0.1) is 0 Å². The molecule has 0 atom stereocenters. The second-order valence-corrected chi connectivity index (χ2v) is 8.42. The van der Waals surface area contributed by atoms with Crippen molar-refractivity contribution in [3.63, 3.8) is 0 Å². The largest absolute Gasteiger partial charge is 0.478 e. The molecule has 0 unspecified atom stereocenters. The van der Waals surface area contributed by atoms with Gasteiger partial charge in [0.15, 0.2) is 5.65 Å². The van der Waals surface area contributed by atoms with E-state index in [2.05, 4.69) is 5.10 Å². The van der Waals surface area contributed by atoms with Crippen molar-refractivity contribution in [1.82, 2.24) is 19.7 Å². The Labute approximate surface area is 188 Å². The molecular formula is C25H31FN4O2. The Balaban J connectivity index is 1.69. The summed E-state index contributed by atoms with van der Waals surface area (Å²) in [4.78, 5) is 19.7. The average molecular weight is 439 g/mol. The van der Waals surface area contributed by atoms with Gasteiger partial charge in [0.05, 0.1) is 18.0 Å². The number of pyridine rings is 1. The van der Waals surface area contributed by atoms with Crippen molar-refractivity contribution in [2.24, 2.45) is 0 Å². The van der Waals surface area contributed by atoms with Crippen molar-refractivity contribution in [1.29, 1.82) is 0 Å². The van der Waals surface area contributed by atoms with Gasteiger partial charge >= 0.3 is 0 Å². The van der Waals surface area contributed by atoms with E-state index in [9.17, 15) is 9.18 Å². The van der Waals surface area contributed by atoms with Crippen LogP contribution in [-0.4, -0.2) is 45.3 Å². The number of likely N-dealkylation sites (tertiary alicyclic amines) is 1. The van der Waals surface area contributed by atoms with E-state index in [1.807, 2.05) is 25.7 Å². The molecular weight excluding hydrogens is 407 g/mol. The molecule has 7 heteroatoms. The highest BCUT2D eigenvalue weighted by atomic mass is 19.1. The van der Waals surface area contributed by atoms with Crippen LogP contribution in [-0.2, 0) is 11.2 Å². The summed E-state index contributed by atoms with van der Waals surface area (Å²) in [5.74, 6) is 0.397. The molecule has 1 saturated heterocycles. The molecule has 3 aromatic rings. The fourth-order valence-electron chi connectivity index (χ4n) is 4.58. The zero-order valence-electron chi connectivity index (χ0n) is 19.2. The van der Waals surface area contributed by atoms with Gasteiger partial charge in [-0.1, -0.05) is 18.9 Å². The van der Waals surface area contributed by atoms with Crippen LogP contribution >= 0.6 is 0 Å². The summed E-state index contributed by atoms with van der Waals surface area (Å²) in [6.07, 6.45) is 5.58. The first-order valence-electron chi connectivity index (χ1n) is 11.5. The topological polar surface area (TPSA) is 60.3 Å². The van der Waals surface area contributed by atoms with Gasteiger partial charge in [-0.05, 0) is 63.8 Å². The molecule has 0 bridgehead atoms. The average Bonchev–Trinajstić information content (AvgIpc) is 2.93. The summed E-state index contributed by atoms with van der Waals surface area (Å²) in [5.41, 5.74) is 4.03. The zero-order chi connectivity index (χ0) is 22.7. The molecule has 0 saturated carbocycles. The smallest absolute Gasteiger partial charge is 0.222 e. The standard InChI is InChI=1S/C25H31FN4O2/c1-4-32-25-21(12-13-22(31)29-14-7-5-6-8-15-29)17(2)23-18(3)28-30(24(23)27-25)20-11-9-10-19(26)16-20/h9-11,16H,4-8,12-15H2,1-3H3. The van der Waals surface area contributed by atoms with E-state index in [1.165, 1.54) is 25.0 Å². The SMILES string of the molecule is CCOc1nc2c(c(C)nn2-c2cccc(F)c2)c(C)c1CCC(=O)N1CCCCCC1. The van der Waals surface area contributed by atoms with Crippen LogP contribution in [0.1, 0.15) is 55.8 Å². The second-order valence-electron chi connectivity index (χ2n) is 8.42. The fraction of sp³-hybridized carbons (Fsp3) is 0.480. The van der Waals surface area contributed by atoms with Crippen LogP contribution in [0, 0.1) is 19.7 Å². The number of halogens is 1. The van der Waals surface area contributed by atoms with Crippen LogP contribution in [0.3, 0.4) is 0 Å². The molecule has 1 aromatic carbocycles. The number of carbonyl (C=O) groups excluding carboxylic acids is 1. The number of hydrogen-bond acceptors (Lipinski definition) is 4. The monoisotopic (exact) mass is 438 g/mol. The van der Waals surface area contributed by atoms with Gasteiger partial charge in [0.1, 0.15) is 5.82 Å². The third-order valence-electron chi connectivity index (χ3n) is 6.21. The van der Waals surface area contributed by atoms with E-state index < -0.39 is 0 Å². The maximum absolute atomic E-state index is 13.8. The van der Waals surface area contributed by atoms with Crippen LogP contribution in [0.25, 0.3) is 16.7 Å². The van der Waals surface area contributed by atoms with Crippen molar-refractivity contribution >= 4 is 16.9 Å². The molecule has 6 nitrogen and oxygen atoms in total. The summed E-state index contributed by atoms with van der Waals surface area (Å²) >= 11 is 0. The normalized spacial score (nSPS) is 14.6. The first kappa shape index (κ1) is 22.2. The summed E-state index contributed by atoms with van der Waals surface area (Å²) in [5, 5.41) is 5.57. The van der Waals surface area contributed by atoms with Gasteiger partial charge in [-0.2, -0.15) is 10.1 Å². The summed E-state index contributed by atoms with van der Waals surface area (Å²) in [6, 6.07) is 6.32. The van der Waals surface area contributed by atoms with Gasteiger partial charge in [-0.3, -0.25) is 4.79 Å². The van der Waals surface area contributed by atoms with Crippen LogP contribution in [0.2, 0.25) is 0 Å². The Hall–Kier alpha value is -2.96. The Morgan fingerprint density at radius 1 is 1.16 bits per heavy atom. The molecule has 32 heavy (non-hydrogen) atoms. The second kappa shape index (κ2) is 9.67. The number of hydrogen-bond donors (Lipinski definition) is 0. The number of aryl methyl sites for hydroxylation is 2. The lowest BCUT2D eigenvalue weighted by molar-refractivity contribution is -0.131. The maximum Gasteiger partial charge on any atom is 0.222 e. The van der Waals surface area contributed by atoms with Gasteiger partial charge in [-0.25, -0.2) is 9.07 Å². The number of amides is 1. The Kier molecular flexibility index (Phi) is 6.72. The van der Waals surface area contributed by atoms with E-state index in [1.54, 1.807) is 16.8 Å². The zero-order valence-corrected chi connectivity index (χ0v) is 19.2. The fourth-order valence-corrected chi connectivity index (χ4v) is 4.58. The van der Waals surface area contributed by atoms with Crippen molar-refractivity contribution in [2.45, 2.75) is 59.3 Å². The molecule has 1 aliphatic heterocycles. The number of ether oxygens (including phenoxy) is 1. The molecule has 170 valence electrons. The van der Waals surface area contributed by atoms with Gasteiger partial charge in [0.2, 0.25) is 11.8 Å². The lowest BCUT2D eigenvalue weighted by Crippen LogP contribution is -2.32. The molecule has 0 spiro atoms. The first-order valence-corrected chi connectivity index (χ1v) is 11.5. The van der Waals surface area contributed by atoms with Crippen molar-refractivity contribution in [2.75, 3.05) is 19.7 Å². The minimum Gasteiger partial charge on any atom is -0.478 e.